The molecule has 1 aliphatic rings. The lowest BCUT2D eigenvalue weighted by atomic mass is 9.97. The fraction of sp³-hybridized carbons (Fsp3) is 0.467. The average molecular weight is 276 g/mol. The van der Waals surface area contributed by atoms with Crippen LogP contribution in [0.2, 0.25) is 0 Å². The number of nitrogens with zero attached hydrogens (tertiary/aromatic N) is 1. The lowest BCUT2D eigenvalue weighted by Crippen LogP contribution is -2.38. The topological polar surface area (TPSA) is 58.6 Å². The summed E-state index contributed by atoms with van der Waals surface area (Å²) in [4.78, 5) is 25.8. The minimum absolute atomic E-state index is 0.00975. The second-order valence-electron chi connectivity index (χ2n) is 5.16. The maximum absolute atomic E-state index is 12.2. The number of esters is 1. The standard InChI is InChI=1S/C15H20N2O3/c1-17-8-4-6-12(10-17)14(18)16-13-7-3-5-11(9-13)15(19)20-2/h3,5,7,9,12H,4,6,8,10H2,1-2H3,(H,16,18)/t12-/m0/s1. The number of benzene rings is 1. The van der Waals surface area contributed by atoms with Crippen molar-refractivity contribution in [1.82, 2.24) is 4.90 Å². The molecule has 1 heterocycles. The summed E-state index contributed by atoms with van der Waals surface area (Å²) in [6.45, 7) is 1.82. The van der Waals surface area contributed by atoms with Gasteiger partial charge in [-0.3, -0.25) is 4.79 Å². The number of likely N-dealkylation sites (tertiary alicyclic amines) is 1. The monoisotopic (exact) mass is 276 g/mol. The summed E-state index contributed by atoms with van der Waals surface area (Å²) in [5, 5.41) is 2.88. The first kappa shape index (κ1) is 14.5. The number of anilines is 1. The number of piperidine rings is 1. The van der Waals surface area contributed by atoms with E-state index < -0.39 is 5.97 Å². The molecule has 0 saturated carbocycles. The highest BCUT2D eigenvalue weighted by Crippen LogP contribution is 2.18. The first-order chi connectivity index (χ1) is 9.60. The van der Waals surface area contributed by atoms with Gasteiger partial charge in [0.25, 0.3) is 0 Å². The molecule has 1 aromatic carbocycles. The van der Waals surface area contributed by atoms with Crippen LogP contribution in [0.4, 0.5) is 5.69 Å². The van der Waals surface area contributed by atoms with Gasteiger partial charge in [-0.05, 0) is 44.6 Å². The Hall–Kier alpha value is -1.88. The van der Waals surface area contributed by atoms with Crippen molar-refractivity contribution in [1.29, 1.82) is 0 Å². The highest BCUT2D eigenvalue weighted by atomic mass is 16.5. The van der Waals surface area contributed by atoms with Crippen LogP contribution in [0.1, 0.15) is 23.2 Å². The Labute approximate surface area is 118 Å². The lowest BCUT2D eigenvalue weighted by molar-refractivity contribution is -0.121. The van der Waals surface area contributed by atoms with E-state index in [1.807, 2.05) is 7.05 Å². The Balaban J connectivity index is 2.02. The Morgan fingerprint density at radius 1 is 1.40 bits per heavy atom. The number of ether oxygens (including phenoxy) is 1. The first-order valence-corrected chi connectivity index (χ1v) is 6.78. The SMILES string of the molecule is COC(=O)c1cccc(NC(=O)[C@H]2CCCN(C)C2)c1. The molecule has 2 rings (SSSR count). The highest BCUT2D eigenvalue weighted by molar-refractivity contribution is 5.95. The summed E-state index contributed by atoms with van der Waals surface area (Å²) in [6.07, 6.45) is 1.95. The van der Waals surface area contributed by atoms with Gasteiger partial charge in [0, 0.05) is 12.2 Å². The van der Waals surface area contributed by atoms with E-state index in [9.17, 15) is 9.59 Å². The van der Waals surface area contributed by atoms with Gasteiger partial charge in [0.05, 0.1) is 18.6 Å². The number of carbonyl (C=O) groups excluding carboxylic acids is 2. The zero-order valence-electron chi connectivity index (χ0n) is 11.9. The fourth-order valence-corrected chi connectivity index (χ4v) is 2.47. The molecule has 5 nitrogen and oxygen atoms in total. The number of carbonyl (C=O) groups is 2. The van der Waals surface area contributed by atoms with E-state index in [1.54, 1.807) is 24.3 Å². The maximum Gasteiger partial charge on any atom is 0.337 e. The number of nitrogens with one attached hydrogen (secondary N) is 1. The second-order valence-corrected chi connectivity index (χ2v) is 5.16. The Bertz CT molecular complexity index is 502. The van der Waals surface area contributed by atoms with E-state index in [2.05, 4.69) is 15.0 Å². The van der Waals surface area contributed by atoms with Crippen molar-refractivity contribution in [3.05, 3.63) is 29.8 Å². The Morgan fingerprint density at radius 3 is 2.90 bits per heavy atom. The van der Waals surface area contributed by atoms with Crippen LogP contribution in [0.3, 0.4) is 0 Å². The van der Waals surface area contributed by atoms with E-state index in [0.29, 0.717) is 11.3 Å². The molecule has 1 aromatic rings. The van der Waals surface area contributed by atoms with E-state index in [0.717, 1.165) is 25.9 Å². The molecular weight excluding hydrogens is 256 g/mol. The number of amides is 1. The average Bonchev–Trinajstić information content (AvgIpc) is 2.46. The smallest absolute Gasteiger partial charge is 0.337 e. The first-order valence-electron chi connectivity index (χ1n) is 6.78. The summed E-state index contributed by atoms with van der Waals surface area (Å²) in [6, 6.07) is 6.80. The molecular formula is C15H20N2O3. The summed E-state index contributed by atoms with van der Waals surface area (Å²) in [7, 11) is 3.36. The molecule has 1 atom stereocenters. The predicted molar refractivity (Wildman–Crippen MR) is 76.6 cm³/mol. The van der Waals surface area contributed by atoms with Crippen molar-refractivity contribution in [2.24, 2.45) is 5.92 Å². The van der Waals surface area contributed by atoms with Gasteiger partial charge in [0.15, 0.2) is 0 Å². The molecule has 0 aliphatic carbocycles. The molecule has 5 heteroatoms. The van der Waals surface area contributed by atoms with Crippen LogP contribution in [0.5, 0.6) is 0 Å². The van der Waals surface area contributed by atoms with Crippen molar-refractivity contribution >= 4 is 17.6 Å². The molecule has 0 aromatic heterocycles. The normalized spacial score (nSPS) is 19.4. The Kier molecular flexibility index (Phi) is 4.74. The van der Waals surface area contributed by atoms with Gasteiger partial charge < -0.3 is 15.0 Å². The van der Waals surface area contributed by atoms with E-state index in [1.165, 1.54) is 7.11 Å². The third kappa shape index (κ3) is 3.57. The largest absolute Gasteiger partial charge is 0.465 e. The van der Waals surface area contributed by atoms with Crippen molar-refractivity contribution in [2.75, 3.05) is 32.6 Å². The Morgan fingerprint density at radius 2 is 2.20 bits per heavy atom. The predicted octanol–water partition coefficient (Wildman–Crippen LogP) is 1.75. The summed E-state index contributed by atoms with van der Waals surface area (Å²) in [5.41, 5.74) is 1.07. The van der Waals surface area contributed by atoms with Crippen molar-refractivity contribution < 1.29 is 14.3 Å². The van der Waals surface area contributed by atoms with Gasteiger partial charge in [-0.1, -0.05) is 6.07 Å². The quantitative estimate of drug-likeness (QED) is 0.855. The van der Waals surface area contributed by atoms with Gasteiger partial charge in [0.1, 0.15) is 0 Å². The number of hydrogen-bond donors (Lipinski definition) is 1. The van der Waals surface area contributed by atoms with Crippen LogP contribution in [-0.4, -0.2) is 44.0 Å². The third-order valence-corrected chi connectivity index (χ3v) is 3.55. The van der Waals surface area contributed by atoms with Crippen molar-refractivity contribution in [3.63, 3.8) is 0 Å². The molecule has 108 valence electrons. The zero-order chi connectivity index (χ0) is 14.5. The van der Waals surface area contributed by atoms with Crippen LogP contribution in [-0.2, 0) is 9.53 Å². The molecule has 0 unspecified atom stereocenters. The molecule has 1 fully saturated rings. The van der Waals surface area contributed by atoms with Crippen LogP contribution >= 0.6 is 0 Å². The molecule has 1 aliphatic heterocycles. The third-order valence-electron chi connectivity index (χ3n) is 3.55. The molecule has 1 saturated heterocycles. The number of methoxy groups -OCH3 is 1. The fourth-order valence-electron chi connectivity index (χ4n) is 2.47. The molecule has 1 N–H and O–H groups in total. The van der Waals surface area contributed by atoms with Crippen LogP contribution in [0, 0.1) is 5.92 Å². The van der Waals surface area contributed by atoms with E-state index in [-0.39, 0.29) is 11.8 Å². The number of hydrogen-bond acceptors (Lipinski definition) is 4. The van der Waals surface area contributed by atoms with Crippen molar-refractivity contribution in [2.45, 2.75) is 12.8 Å². The molecule has 1 amide bonds. The lowest BCUT2D eigenvalue weighted by Gasteiger charge is -2.28. The number of rotatable bonds is 3. The molecule has 0 spiro atoms. The van der Waals surface area contributed by atoms with E-state index in [4.69, 9.17) is 0 Å². The molecule has 20 heavy (non-hydrogen) atoms. The highest BCUT2D eigenvalue weighted by Gasteiger charge is 2.24. The van der Waals surface area contributed by atoms with Crippen molar-refractivity contribution in [3.8, 4) is 0 Å². The summed E-state index contributed by atoms with van der Waals surface area (Å²) < 4.78 is 4.67. The molecule has 0 bridgehead atoms. The second kappa shape index (κ2) is 6.52. The van der Waals surface area contributed by atoms with Crippen LogP contribution < -0.4 is 5.32 Å². The van der Waals surface area contributed by atoms with Gasteiger partial charge in [-0.2, -0.15) is 0 Å². The summed E-state index contributed by atoms with van der Waals surface area (Å²) >= 11 is 0. The molecule has 0 radical (unpaired) electrons. The summed E-state index contributed by atoms with van der Waals surface area (Å²) in [5.74, 6) is -0.382. The minimum Gasteiger partial charge on any atom is -0.465 e. The van der Waals surface area contributed by atoms with Crippen LogP contribution in [0.25, 0.3) is 0 Å². The van der Waals surface area contributed by atoms with Gasteiger partial charge in [-0.25, -0.2) is 4.79 Å². The van der Waals surface area contributed by atoms with Crippen LogP contribution in [0.15, 0.2) is 24.3 Å². The zero-order valence-corrected chi connectivity index (χ0v) is 11.9. The van der Waals surface area contributed by atoms with E-state index >= 15 is 0 Å². The van der Waals surface area contributed by atoms with Gasteiger partial charge in [0.2, 0.25) is 5.91 Å². The minimum atomic E-state index is -0.404. The maximum atomic E-state index is 12.2. The van der Waals surface area contributed by atoms with Gasteiger partial charge >= 0.3 is 5.97 Å². The van der Waals surface area contributed by atoms with Gasteiger partial charge in [-0.15, -0.1) is 0 Å².